The molecule has 0 fully saturated rings. The molecule has 1 heterocycles. The van der Waals surface area contributed by atoms with Gasteiger partial charge in [0, 0.05) is 5.38 Å². The van der Waals surface area contributed by atoms with Gasteiger partial charge in [0.15, 0.2) is 0 Å². The molecule has 2 aromatic rings. The largest absolute Gasteiger partial charge is 0.416 e. The quantitative estimate of drug-likeness (QED) is 0.898. The van der Waals surface area contributed by atoms with Gasteiger partial charge in [-0.15, -0.1) is 11.3 Å². The Morgan fingerprint density at radius 1 is 1.29 bits per heavy atom. The number of aromatic nitrogens is 1. The smallest absolute Gasteiger partial charge is 0.319 e. The Labute approximate surface area is 99.9 Å². The summed E-state index contributed by atoms with van der Waals surface area (Å²) in [5, 5.41) is 1.73. The number of alkyl halides is 3. The maximum Gasteiger partial charge on any atom is 0.416 e. The minimum atomic E-state index is -4.35. The first-order chi connectivity index (χ1) is 7.98. The highest BCUT2D eigenvalue weighted by Crippen LogP contribution is 2.31. The summed E-state index contributed by atoms with van der Waals surface area (Å²) in [6.07, 6.45) is -4.35. The summed E-state index contributed by atoms with van der Waals surface area (Å²) in [4.78, 5) is 4.00. The molecule has 17 heavy (non-hydrogen) atoms. The Hall–Kier alpha value is -1.40. The first-order valence-electron chi connectivity index (χ1n) is 4.79. The normalized spacial score (nSPS) is 13.6. The van der Waals surface area contributed by atoms with Crippen molar-refractivity contribution in [3.8, 4) is 0 Å². The van der Waals surface area contributed by atoms with E-state index in [1.54, 1.807) is 17.0 Å². The van der Waals surface area contributed by atoms with Gasteiger partial charge in [-0.2, -0.15) is 13.2 Å². The first kappa shape index (κ1) is 12.1. The molecule has 1 atom stereocenters. The van der Waals surface area contributed by atoms with Crippen molar-refractivity contribution in [3.63, 3.8) is 0 Å². The maximum absolute atomic E-state index is 12.5. The highest BCUT2D eigenvalue weighted by Gasteiger charge is 2.30. The van der Waals surface area contributed by atoms with Crippen molar-refractivity contribution < 1.29 is 13.2 Å². The molecule has 0 aliphatic heterocycles. The van der Waals surface area contributed by atoms with Crippen molar-refractivity contribution in [1.82, 2.24) is 4.98 Å². The average molecular weight is 258 g/mol. The molecule has 1 unspecified atom stereocenters. The van der Waals surface area contributed by atoms with Gasteiger partial charge in [-0.25, -0.2) is 4.98 Å². The number of nitrogens with zero attached hydrogens (tertiary/aromatic N) is 1. The predicted octanol–water partition coefficient (Wildman–Crippen LogP) is 3.21. The zero-order valence-corrected chi connectivity index (χ0v) is 9.42. The van der Waals surface area contributed by atoms with Crippen LogP contribution in [0.15, 0.2) is 35.2 Å². The molecule has 90 valence electrons. The number of hydrogen-bond acceptors (Lipinski definition) is 3. The average Bonchev–Trinajstić information content (AvgIpc) is 2.80. The molecular weight excluding hydrogens is 249 g/mol. The van der Waals surface area contributed by atoms with Gasteiger partial charge >= 0.3 is 6.18 Å². The second-order valence-corrected chi connectivity index (χ2v) is 4.23. The Kier molecular flexibility index (Phi) is 3.17. The van der Waals surface area contributed by atoms with Crippen molar-refractivity contribution in [3.05, 3.63) is 52.0 Å². The summed E-state index contributed by atoms with van der Waals surface area (Å²) in [5.41, 5.74) is 7.74. The van der Waals surface area contributed by atoms with E-state index in [4.69, 9.17) is 5.73 Å². The van der Waals surface area contributed by atoms with Crippen LogP contribution in [0.5, 0.6) is 0 Å². The van der Waals surface area contributed by atoms with Crippen molar-refractivity contribution >= 4 is 11.3 Å². The van der Waals surface area contributed by atoms with Gasteiger partial charge in [-0.3, -0.25) is 0 Å². The maximum atomic E-state index is 12.5. The van der Waals surface area contributed by atoms with Crippen molar-refractivity contribution in [2.45, 2.75) is 12.2 Å². The van der Waals surface area contributed by atoms with Crippen LogP contribution in [0.3, 0.4) is 0 Å². The number of nitrogens with two attached hydrogens (primary N) is 1. The van der Waals surface area contributed by atoms with Crippen molar-refractivity contribution in [1.29, 1.82) is 0 Å². The van der Waals surface area contributed by atoms with Crippen molar-refractivity contribution in [2.75, 3.05) is 0 Å². The second-order valence-electron chi connectivity index (χ2n) is 3.51. The van der Waals surface area contributed by atoms with E-state index in [-0.39, 0.29) is 0 Å². The second kappa shape index (κ2) is 4.46. The zero-order valence-electron chi connectivity index (χ0n) is 8.61. The molecule has 6 heteroatoms. The predicted molar refractivity (Wildman–Crippen MR) is 59.6 cm³/mol. The molecule has 0 spiro atoms. The molecule has 2 nitrogen and oxygen atoms in total. The van der Waals surface area contributed by atoms with E-state index in [0.717, 1.165) is 12.1 Å². The third-order valence-corrected chi connectivity index (χ3v) is 2.95. The van der Waals surface area contributed by atoms with E-state index in [1.165, 1.54) is 17.4 Å². The lowest BCUT2D eigenvalue weighted by atomic mass is 10.0. The fourth-order valence-corrected chi connectivity index (χ4v) is 2.04. The number of rotatable bonds is 2. The summed E-state index contributed by atoms with van der Waals surface area (Å²) in [6, 6.07) is 4.38. The SMILES string of the molecule is NC(c1cccc(C(F)(F)F)c1)c1cscn1. The Balaban J connectivity index is 2.34. The topological polar surface area (TPSA) is 38.9 Å². The van der Waals surface area contributed by atoms with Crippen molar-refractivity contribution in [2.24, 2.45) is 5.73 Å². The van der Waals surface area contributed by atoms with Gasteiger partial charge in [0.25, 0.3) is 0 Å². The Bertz CT molecular complexity index is 494. The van der Waals surface area contributed by atoms with Crippen LogP contribution in [0, 0.1) is 0 Å². The molecule has 2 N–H and O–H groups in total. The number of hydrogen-bond donors (Lipinski definition) is 1. The van der Waals surface area contributed by atoms with E-state index in [1.807, 2.05) is 0 Å². The molecule has 2 rings (SSSR count). The third kappa shape index (κ3) is 2.65. The third-order valence-electron chi connectivity index (χ3n) is 2.34. The lowest BCUT2D eigenvalue weighted by Gasteiger charge is -2.12. The van der Waals surface area contributed by atoms with Crippen LogP contribution in [-0.2, 0) is 6.18 Å². The van der Waals surface area contributed by atoms with Gasteiger partial charge in [0.1, 0.15) is 0 Å². The standard InChI is InChI=1S/C11H9F3N2S/c12-11(13,14)8-3-1-2-7(4-8)10(15)9-5-17-6-16-9/h1-6,10H,15H2. The molecule has 0 saturated heterocycles. The van der Waals surface area contributed by atoms with E-state index < -0.39 is 17.8 Å². The number of thiazole rings is 1. The van der Waals surface area contributed by atoms with Crippen LogP contribution < -0.4 is 5.73 Å². The first-order valence-corrected chi connectivity index (χ1v) is 5.73. The van der Waals surface area contributed by atoms with Crippen LogP contribution in [0.1, 0.15) is 22.9 Å². The van der Waals surface area contributed by atoms with Gasteiger partial charge in [0.2, 0.25) is 0 Å². The molecule has 0 radical (unpaired) electrons. The van der Waals surface area contributed by atoms with Gasteiger partial charge < -0.3 is 5.73 Å². The van der Waals surface area contributed by atoms with E-state index in [9.17, 15) is 13.2 Å². The minimum absolute atomic E-state index is 0.408. The van der Waals surface area contributed by atoms with E-state index >= 15 is 0 Å². The van der Waals surface area contributed by atoms with Crippen LogP contribution in [0.4, 0.5) is 13.2 Å². The fraction of sp³-hybridized carbons (Fsp3) is 0.182. The lowest BCUT2D eigenvalue weighted by Crippen LogP contribution is -2.14. The summed E-state index contributed by atoms with van der Waals surface area (Å²) in [6.45, 7) is 0. The number of benzene rings is 1. The molecule has 1 aromatic heterocycles. The molecule has 0 amide bonds. The monoisotopic (exact) mass is 258 g/mol. The Morgan fingerprint density at radius 2 is 2.06 bits per heavy atom. The molecule has 0 saturated carbocycles. The van der Waals surface area contributed by atoms with Crippen LogP contribution in [0.2, 0.25) is 0 Å². The van der Waals surface area contributed by atoms with Crippen LogP contribution in [0.25, 0.3) is 0 Å². The van der Waals surface area contributed by atoms with E-state index in [0.29, 0.717) is 11.3 Å². The van der Waals surface area contributed by atoms with Crippen LogP contribution >= 0.6 is 11.3 Å². The molecular formula is C11H9F3N2S. The molecule has 0 aliphatic rings. The molecule has 0 bridgehead atoms. The van der Waals surface area contributed by atoms with Crippen LogP contribution in [-0.4, -0.2) is 4.98 Å². The Morgan fingerprint density at radius 3 is 2.65 bits per heavy atom. The summed E-state index contributed by atoms with van der Waals surface area (Å²) >= 11 is 1.36. The van der Waals surface area contributed by atoms with Gasteiger partial charge in [-0.1, -0.05) is 12.1 Å². The summed E-state index contributed by atoms with van der Waals surface area (Å²) in [7, 11) is 0. The zero-order chi connectivity index (χ0) is 12.5. The minimum Gasteiger partial charge on any atom is -0.319 e. The van der Waals surface area contributed by atoms with E-state index in [2.05, 4.69) is 4.98 Å². The highest BCUT2D eigenvalue weighted by atomic mass is 32.1. The highest BCUT2D eigenvalue weighted by molar-refractivity contribution is 7.07. The summed E-state index contributed by atoms with van der Waals surface area (Å²) in [5.74, 6) is 0. The molecule has 0 aliphatic carbocycles. The number of halogens is 3. The molecule has 1 aromatic carbocycles. The lowest BCUT2D eigenvalue weighted by molar-refractivity contribution is -0.137. The fourth-order valence-electron chi connectivity index (χ4n) is 1.45. The van der Waals surface area contributed by atoms with Gasteiger partial charge in [-0.05, 0) is 17.7 Å². The summed E-state index contributed by atoms with van der Waals surface area (Å²) < 4.78 is 37.6. The van der Waals surface area contributed by atoms with Gasteiger partial charge in [0.05, 0.1) is 22.8 Å².